The van der Waals surface area contributed by atoms with Crippen LogP contribution in [0.3, 0.4) is 0 Å². The summed E-state index contributed by atoms with van der Waals surface area (Å²) in [5.74, 6) is 0. The Balaban J connectivity index is 0.000000561. The quantitative estimate of drug-likeness (QED) is 0.610. The Kier molecular flexibility index (Phi) is 5.98. The predicted molar refractivity (Wildman–Crippen MR) is 54.2 cm³/mol. The summed E-state index contributed by atoms with van der Waals surface area (Å²) in [7, 11) is 0. The maximum absolute atomic E-state index is 3.99. The number of pyridine rings is 1. The number of allylic oxidation sites excluding steroid dienone is 1. The fourth-order valence-electron chi connectivity index (χ4n) is 0.887. The molecule has 0 saturated heterocycles. The minimum Gasteiger partial charge on any atom is -0.264 e. The van der Waals surface area contributed by atoms with Crippen molar-refractivity contribution in [2.75, 3.05) is 0 Å². The molecular weight excluding hydrogens is 146 g/mol. The molecule has 0 spiro atoms. The fourth-order valence-corrected chi connectivity index (χ4v) is 0.887. The van der Waals surface area contributed by atoms with Gasteiger partial charge in [-0.3, -0.25) is 4.98 Å². The maximum atomic E-state index is 3.99. The third-order valence-corrected chi connectivity index (χ3v) is 1.50. The molecule has 12 heavy (non-hydrogen) atoms. The second-order valence-electron chi connectivity index (χ2n) is 2.29. The van der Waals surface area contributed by atoms with Gasteiger partial charge in [0.25, 0.3) is 0 Å². The van der Waals surface area contributed by atoms with E-state index in [2.05, 4.69) is 18.5 Å². The molecule has 1 aromatic heterocycles. The van der Waals surface area contributed by atoms with Crippen LogP contribution < -0.4 is 0 Å². The van der Waals surface area contributed by atoms with Crippen molar-refractivity contribution in [2.45, 2.75) is 27.2 Å². The van der Waals surface area contributed by atoms with Crippen LogP contribution in [0.15, 0.2) is 31.1 Å². The summed E-state index contributed by atoms with van der Waals surface area (Å²) in [6, 6.07) is 2.02. The summed E-state index contributed by atoms with van der Waals surface area (Å²) in [5.41, 5.74) is 2.55. The van der Waals surface area contributed by atoms with Gasteiger partial charge >= 0.3 is 0 Å². The number of hydrogen-bond donors (Lipinski definition) is 0. The van der Waals surface area contributed by atoms with Crippen molar-refractivity contribution in [3.63, 3.8) is 0 Å². The van der Waals surface area contributed by atoms with Gasteiger partial charge in [0.1, 0.15) is 0 Å². The van der Waals surface area contributed by atoms with Gasteiger partial charge in [-0.05, 0) is 30.5 Å². The summed E-state index contributed by atoms with van der Waals surface area (Å²) < 4.78 is 0. The molecule has 0 N–H and O–H groups in total. The van der Waals surface area contributed by atoms with Crippen LogP contribution in [0.5, 0.6) is 0 Å². The summed E-state index contributed by atoms with van der Waals surface area (Å²) in [5, 5.41) is 0. The molecule has 0 saturated carbocycles. The highest BCUT2D eigenvalue weighted by Crippen LogP contribution is 2.05. The Morgan fingerprint density at radius 1 is 1.50 bits per heavy atom. The normalized spacial score (nSPS) is 8.25. The van der Waals surface area contributed by atoms with Crippen molar-refractivity contribution in [1.82, 2.24) is 4.98 Å². The van der Waals surface area contributed by atoms with Gasteiger partial charge in [0.15, 0.2) is 0 Å². The molecular formula is C11H17N. The van der Waals surface area contributed by atoms with E-state index in [1.165, 1.54) is 11.1 Å². The molecule has 0 atom stereocenters. The standard InChI is InChI=1S/C9H11N.C2H6/c1-3-4-9-5-6-10-7-8(9)2;1-2/h3,5-7H,1,4H2,2H3;1-2H3. The number of hydrogen-bond acceptors (Lipinski definition) is 1. The van der Waals surface area contributed by atoms with Gasteiger partial charge in [-0.25, -0.2) is 0 Å². The highest BCUT2D eigenvalue weighted by Gasteiger charge is 1.91. The van der Waals surface area contributed by atoms with E-state index in [1.807, 2.05) is 38.4 Å². The van der Waals surface area contributed by atoms with Crippen LogP contribution in [-0.2, 0) is 6.42 Å². The fraction of sp³-hybridized carbons (Fsp3) is 0.364. The van der Waals surface area contributed by atoms with Gasteiger partial charge < -0.3 is 0 Å². The molecule has 1 heteroatoms. The van der Waals surface area contributed by atoms with Crippen molar-refractivity contribution in [3.8, 4) is 0 Å². The Morgan fingerprint density at radius 2 is 2.17 bits per heavy atom. The van der Waals surface area contributed by atoms with E-state index in [0.717, 1.165) is 6.42 Å². The van der Waals surface area contributed by atoms with Crippen molar-refractivity contribution in [2.24, 2.45) is 0 Å². The van der Waals surface area contributed by atoms with Crippen LogP contribution in [0.4, 0.5) is 0 Å². The van der Waals surface area contributed by atoms with Crippen molar-refractivity contribution >= 4 is 0 Å². The molecule has 0 bridgehead atoms. The number of aromatic nitrogens is 1. The lowest BCUT2D eigenvalue weighted by atomic mass is 10.1. The van der Waals surface area contributed by atoms with E-state index in [-0.39, 0.29) is 0 Å². The molecule has 66 valence electrons. The van der Waals surface area contributed by atoms with E-state index in [9.17, 15) is 0 Å². The minimum atomic E-state index is 0.939. The predicted octanol–water partition coefficient (Wildman–Crippen LogP) is 3.14. The van der Waals surface area contributed by atoms with Crippen LogP contribution in [0.1, 0.15) is 25.0 Å². The Hall–Kier alpha value is -1.11. The smallest absolute Gasteiger partial charge is 0.0299 e. The summed E-state index contributed by atoms with van der Waals surface area (Å²) in [6.45, 7) is 9.74. The third kappa shape index (κ3) is 3.33. The molecule has 1 heterocycles. The van der Waals surface area contributed by atoms with E-state index in [0.29, 0.717) is 0 Å². The van der Waals surface area contributed by atoms with E-state index in [4.69, 9.17) is 0 Å². The van der Waals surface area contributed by atoms with Crippen LogP contribution >= 0.6 is 0 Å². The highest BCUT2D eigenvalue weighted by atomic mass is 14.6. The topological polar surface area (TPSA) is 12.9 Å². The Morgan fingerprint density at radius 3 is 2.67 bits per heavy atom. The maximum Gasteiger partial charge on any atom is 0.0299 e. The lowest BCUT2D eigenvalue weighted by Crippen LogP contribution is -1.86. The highest BCUT2D eigenvalue weighted by molar-refractivity contribution is 5.23. The van der Waals surface area contributed by atoms with Crippen molar-refractivity contribution in [3.05, 3.63) is 42.2 Å². The number of aryl methyl sites for hydroxylation is 1. The average Bonchev–Trinajstić information content (AvgIpc) is 2.13. The summed E-state index contributed by atoms with van der Waals surface area (Å²) in [4.78, 5) is 3.99. The zero-order valence-electron chi connectivity index (χ0n) is 8.17. The van der Waals surface area contributed by atoms with Gasteiger partial charge in [-0.2, -0.15) is 0 Å². The van der Waals surface area contributed by atoms with Crippen LogP contribution in [0.2, 0.25) is 0 Å². The molecule has 0 aliphatic heterocycles. The second kappa shape index (κ2) is 6.59. The molecule has 0 aliphatic rings. The zero-order chi connectivity index (χ0) is 9.40. The van der Waals surface area contributed by atoms with E-state index >= 15 is 0 Å². The lowest BCUT2D eigenvalue weighted by molar-refractivity contribution is 1.16. The molecule has 1 rings (SSSR count). The van der Waals surface area contributed by atoms with Gasteiger partial charge in [-0.1, -0.05) is 19.9 Å². The van der Waals surface area contributed by atoms with E-state index < -0.39 is 0 Å². The first-order valence-corrected chi connectivity index (χ1v) is 4.35. The van der Waals surface area contributed by atoms with Gasteiger partial charge in [-0.15, -0.1) is 6.58 Å². The molecule has 1 aromatic rings. The Bertz CT molecular complexity index is 228. The summed E-state index contributed by atoms with van der Waals surface area (Å²) in [6.07, 6.45) is 6.53. The monoisotopic (exact) mass is 163 g/mol. The van der Waals surface area contributed by atoms with Crippen molar-refractivity contribution in [1.29, 1.82) is 0 Å². The molecule has 1 nitrogen and oxygen atoms in total. The SMILES string of the molecule is C=CCc1ccncc1C.CC. The Labute approximate surface area is 75.2 Å². The summed E-state index contributed by atoms with van der Waals surface area (Å²) >= 11 is 0. The van der Waals surface area contributed by atoms with Crippen molar-refractivity contribution < 1.29 is 0 Å². The average molecular weight is 163 g/mol. The van der Waals surface area contributed by atoms with Crippen LogP contribution in [0.25, 0.3) is 0 Å². The number of rotatable bonds is 2. The molecule has 0 radical (unpaired) electrons. The minimum absolute atomic E-state index is 0.939. The second-order valence-corrected chi connectivity index (χ2v) is 2.29. The first-order valence-electron chi connectivity index (χ1n) is 4.35. The molecule has 0 amide bonds. The van der Waals surface area contributed by atoms with Gasteiger partial charge in [0.05, 0.1) is 0 Å². The molecule has 0 aromatic carbocycles. The number of nitrogens with zero attached hydrogens (tertiary/aromatic N) is 1. The van der Waals surface area contributed by atoms with Crippen LogP contribution in [0, 0.1) is 6.92 Å². The van der Waals surface area contributed by atoms with E-state index in [1.54, 1.807) is 0 Å². The lowest BCUT2D eigenvalue weighted by Gasteiger charge is -1.98. The first kappa shape index (κ1) is 10.9. The molecule has 0 unspecified atom stereocenters. The van der Waals surface area contributed by atoms with Crippen LogP contribution in [-0.4, -0.2) is 4.98 Å². The molecule has 0 aliphatic carbocycles. The third-order valence-electron chi connectivity index (χ3n) is 1.50. The first-order chi connectivity index (χ1) is 5.84. The largest absolute Gasteiger partial charge is 0.264 e. The molecule has 0 fully saturated rings. The van der Waals surface area contributed by atoms with Gasteiger partial charge in [0.2, 0.25) is 0 Å². The van der Waals surface area contributed by atoms with Gasteiger partial charge in [0, 0.05) is 12.4 Å². The zero-order valence-corrected chi connectivity index (χ0v) is 8.17.